The Labute approximate surface area is 90.4 Å². The third-order valence-corrected chi connectivity index (χ3v) is 3.43. The van der Waals surface area contributed by atoms with Crippen molar-refractivity contribution in [3.63, 3.8) is 0 Å². The average molecular weight is 212 g/mol. The number of amides is 2. The van der Waals surface area contributed by atoms with Crippen molar-refractivity contribution >= 4 is 11.8 Å². The Morgan fingerprint density at radius 2 is 1.53 bits per heavy atom. The number of primary amides is 2. The van der Waals surface area contributed by atoms with E-state index in [1.807, 2.05) is 0 Å². The second kappa shape index (κ2) is 5.14. The van der Waals surface area contributed by atoms with E-state index in [1.165, 1.54) is 0 Å². The van der Waals surface area contributed by atoms with Crippen LogP contribution in [0.25, 0.3) is 0 Å². The molecule has 4 nitrogen and oxygen atoms in total. The maximum Gasteiger partial charge on any atom is 0.223 e. The van der Waals surface area contributed by atoms with Crippen molar-refractivity contribution < 1.29 is 9.59 Å². The molecule has 86 valence electrons. The summed E-state index contributed by atoms with van der Waals surface area (Å²) in [5.74, 6) is -0.606. The van der Waals surface area contributed by atoms with Crippen molar-refractivity contribution in [1.82, 2.24) is 0 Å². The van der Waals surface area contributed by atoms with E-state index in [1.54, 1.807) is 0 Å². The van der Waals surface area contributed by atoms with Gasteiger partial charge in [0.25, 0.3) is 0 Å². The van der Waals surface area contributed by atoms with Crippen molar-refractivity contribution in [3.8, 4) is 0 Å². The van der Waals surface area contributed by atoms with Gasteiger partial charge in [0, 0.05) is 11.8 Å². The highest BCUT2D eigenvalue weighted by Gasteiger charge is 2.36. The summed E-state index contributed by atoms with van der Waals surface area (Å²) >= 11 is 0. The van der Waals surface area contributed by atoms with E-state index in [0.29, 0.717) is 6.42 Å². The molecule has 0 aliphatic heterocycles. The fourth-order valence-corrected chi connectivity index (χ4v) is 2.39. The minimum Gasteiger partial charge on any atom is -0.370 e. The minimum absolute atomic E-state index is 0.259. The van der Waals surface area contributed by atoms with E-state index in [0.717, 1.165) is 38.5 Å². The lowest BCUT2D eigenvalue weighted by Crippen LogP contribution is -2.37. The van der Waals surface area contributed by atoms with Crippen LogP contribution in [0.15, 0.2) is 0 Å². The Morgan fingerprint density at radius 3 is 1.93 bits per heavy atom. The van der Waals surface area contributed by atoms with Crippen LogP contribution in [0.3, 0.4) is 0 Å². The van der Waals surface area contributed by atoms with Gasteiger partial charge in [-0.25, -0.2) is 0 Å². The van der Waals surface area contributed by atoms with Gasteiger partial charge in [0.05, 0.1) is 0 Å². The zero-order valence-electron chi connectivity index (χ0n) is 9.13. The second-order valence-electron chi connectivity index (χ2n) is 4.53. The summed E-state index contributed by atoms with van der Waals surface area (Å²) in [7, 11) is 0. The molecule has 0 aromatic carbocycles. The van der Waals surface area contributed by atoms with Crippen molar-refractivity contribution in [2.45, 2.75) is 51.4 Å². The molecule has 0 atom stereocenters. The highest BCUT2D eigenvalue weighted by Crippen LogP contribution is 2.38. The Balaban J connectivity index is 2.67. The summed E-state index contributed by atoms with van der Waals surface area (Å²) in [4.78, 5) is 22.3. The molecule has 1 fully saturated rings. The van der Waals surface area contributed by atoms with Gasteiger partial charge in [0.1, 0.15) is 0 Å². The van der Waals surface area contributed by atoms with Gasteiger partial charge in [-0.2, -0.15) is 0 Å². The smallest absolute Gasteiger partial charge is 0.223 e. The highest BCUT2D eigenvalue weighted by molar-refractivity contribution is 5.82. The molecular formula is C11H20N2O2. The minimum atomic E-state index is -0.467. The summed E-state index contributed by atoms with van der Waals surface area (Å²) in [6, 6.07) is 0. The topological polar surface area (TPSA) is 86.2 Å². The molecule has 4 heteroatoms. The molecule has 1 saturated carbocycles. The molecule has 0 bridgehead atoms. The molecular weight excluding hydrogens is 192 g/mol. The number of carbonyl (C=O) groups is 2. The zero-order chi connectivity index (χ0) is 11.3. The van der Waals surface area contributed by atoms with Crippen LogP contribution in [-0.2, 0) is 9.59 Å². The fraction of sp³-hybridized carbons (Fsp3) is 0.818. The summed E-state index contributed by atoms with van der Waals surface area (Å²) in [5.41, 5.74) is 10.1. The van der Waals surface area contributed by atoms with E-state index in [9.17, 15) is 9.59 Å². The molecule has 0 unspecified atom stereocenters. The molecule has 1 aliphatic carbocycles. The normalized spacial score (nSPS) is 20.5. The third kappa shape index (κ3) is 3.22. The molecule has 4 N–H and O–H groups in total. The molecule has 0 heterocycles. The van der Waals surface area contributed by atoms with Crippen LogP contribution >= 0.6 is 0 Å². The van der Waals surface area contributed by atoms with Crippen LogP contribution in [0, 0.1) is 5.41 Å². The van der Waals surface area contributed by atoms with Crippen LogP contribution in [-0.4, -0.2) is 11.8 Å². The first-order valence-electron chi connectivity index (χ1n) is 5.65. The largest absolute Gasteiger partial charge is 0.370 e. The lowest BCUT2D eigenvalue weighted by molar-refractivity contribution is -0.129. The lowest BCUT2D eigenvalue weighted by atomic mass is 9.76. The van der Waals surface area contributed by atoms with Crippen LogP contribution in [0.4, 0.5) is 0 Å². The number of nitrogens with two attached hydrogens (primary N) is 2. The Kier molecular flexibility index (Phi) is 4.12. The predicted molar refractivity (Wildman–Crippen MR) is 57.8 cm³/mol. The van der Waals surface area contributed by atoms with E-state index >= 15 is 0 Å². The van der Waals surface area contributed by atoms with Gasteiger partial charge < -0.3 is 11.5 Å². The van der Waals surface area contributed by atoms with Crippen molar-refractivity contribution in [2.75, 3.05) is 0 Å². The van der Waals surface area contributed by atoms with Crippen LogP contribution in [0.1, 0.15) is 51.4 Å². The van der Waals surface area contributed by atoms with E-state index < -0.39 is 5.41 Å². The predicted octanol–water partition coefficient (Wildman–Crippen LogP) is 1.08. The Hall–Kier alpha value is -1.06. The van der Waals surface area contributed by atoms with Crippen molar-refractivity contribution in [2.24, 2.45) is 16.9 Å². The first-order chi connectivity index (χ1) is 7.07. The summed E-state index contributed by atoms with van der Waals surface area (Å²) in [5, 5.41) is 0. The number of carbonyl (C=O) groups excluding carboxylic acids is 2. The van der Waals surface area contributed by atoms with Gasteiger partial charge in [-0.15, -0.1) is 0 Å². The quantitative estimate of drug-likeness (QED) is 0.683. The summed E-state index contributed by atoms with van der Waals surface area (Å²) in [6.07, 6.45) is 6.80. The third-order valence-electron chi connectivity index (χ3n) is 3.43. The first kappa shape index (κ1) is 12.0. The molecule has 0 aromatic rings. The average Bonchev–Trinajstić information content (AvgIpc) is 2.40. The first-order valence-corrected chi connectivity index (χ1v) is 5.65. The van der Waals surface area contributed by atoms with Crippen LogP contribution in [0.5, 0.6) is 0 Å². The number of hydrogen-bond acceptors (Lipinski definition) is 2. The monoisotopic (exact) mass is 212 g/mol. The SMILES string of the molecule is NC(=O)CCC1(C(N)=O)CCCCCC1. The van der Waals surface area contributed by atoms with E-state index in [4.69, 9.17) is 11.5 Å². The van der Waals surface area contributed by atoms with Gasteiger partial charge in [0.15, 0.2) is 0 Å². The number of rotatable bonds is 4. The van der Waals surface area contributed by atoms with Gasteiger partial charge >= 0.3 is 0 Å². The molecule has 2 amide bonds. The van der Waals surface area contributed by atoms with Crippen LogP contribution < -0.4 is 11.5 Å². The zero-order valence-corrected chi connectivity index (χ0v) is 9.13. The van der Waals surface area contributed by atoms with Gasteiger partial charge in [-0.05, 0) is 19.3 Å². The van der Waals surface area contributed by atoms with E-state index in [-0.39, 0.29) is 18.2 Å². The number of hydrogen-bond donors (Lipinski definition) is 2. The molecule has 1 aliphatic rings. The summed E-state index contributed by atoms with van der Waals surface area (Å²) in [6.45, 7) is 0. The Morgan fingerprint density at radius 1 is 1.00 bits per heavy atom. The Bertz CT molecular complexity index is 243. The molecule has 0 spiro atoms. The molecule has 0 radical (unpaired) electrons. The standard InChI is InChI=1S/C11H20N2O2/c12-9(14)5-8-11(10(13)15)6-3-1-2-4-7-11/h1-8H2,(H2,12,14)(H2,13,15). The van der Waals surface area contributed by atoms with Crippen molar-refractivity contribution in [1.29, 1.82) is 0 Å². The van der Waals surface area contributed by atoms with Gasteiger partial charge in [-0.1, -0.05) is 25.7 Å². The maximum atomic E-state index is 11.5. The fourth-order valence-electron chi connectivity index (χ4n) is 2.39. The molecule has 0 aromatic heterocycles. The van der Waals surface area contributed by atoms with Crippen molar-refractivity contribution in [3.05, 3.63) is 0 Å². The van der Waals surface area contributed by atoms with E-state index in [2.05, 4.69) is 0 Å². The molecule has 15 heavy (non-hydrogen) atoms. The maximum absolute atomic E-state index is 11.5. The van der Waals surface area contributed by atoms with Gasteiger partial charge in [-0.3, -0.25) is 9.59 Å². The van der Waals surface area contributed by atoms with Gasteiger partial charge in [0.2, 0.25) is 11.8 Å². The highest BCUT2D eigenvalue weighted by atomic mass is 16.1. The second-order valence-corrected chi connectivity index (χ2v) is 4.53. The summed E-state index contributed by atoms with van der Waals surface area (Å²) < 4.78 is 0. The lowest BCUT2D eigenvalue weighted by Gasteiger charge is -2.28. The molecule has 0 saturated heterocycles. The molecule has 1 rings (SSSR count). The van der Waals surface area contributed by atoms with Crippen LogP contribution in [0.2, 0.25) is 0 Å².